The lowest BCUT2D eigenvalue weighted by molar-refractivity contribution is 0.149. The third-order valence-electron chi connectivity index (χ3n) is 1.71. The van der Waals surface area contributed by atoms with Gasteiger partial charge in [0.05, 0.1) is 6.04 Å². The summed E-state index contributed by atoms with van der Waals surface area (Å²) in [5, 5.41) is 0.549. The summed E-state index contributed by atoms with van der Waals surface area (Å²) in [6.45, 7) is 0.0269. The molecule has 0 radical (unpaired) electrons. The van der Waals surface area contributed by atoms with Crippen molar-refractivity contribution in [3.05, 3.63) is 34.9 Å². The summed E-state index contributed by atoms with van der Waals surface area (Å²) in [5.74, 6) is 0. The van der Waals surface area contributed by atoms with Crippen molar-refractivity contribution in [2.45, 2.75) is 6.04 Å². The van der Waals surface area contributed by atoms with Crippen LogP contribution in [0.4, 0.5) is 4.79 Å². The van der Waals surface area contributed by atoms with Gasteiger partial charge in [-0.2, -0.15) is 0 Å². The number of hydrogen-bond donors (Lipinski definition) is 2. The molecule has 0 aliphatic carbocycles. The standard InChI is InChI=1S/C9H11ClN2O2.ClH/c10-7-4-2-1-3-6(7)8(11)5-14-9(12)13;/h1-4,8H,5,11H2,(H2,12,13);1H. The van der Waals surface area contributed by atoms with Crippen LogP contribution in [0.2, 0.25) is 5.02 Å². The van der Waals surface area contributed by atoms with Gasteiger partial charge in [0.2, 0.25) is 0 Å². The van der Waals surface area contributed by atoms with Gasteiger partial charge < -0.3 is 16.2 Å². The van der Waals surface area contributed by atoms with Gasteiger partial charge in [-0.05, 0) is 11.6 Å². The van der Waals surface area contributed by atoms with Crippen molar-refractivity contribution in [1.82, 2.24) is 0 Å². The lowest BCUT2D eigenvalue weighted by atomic mass is 10.1. The second-order valence-electron chi connectivity index (χ2n) is 2.76. The quantitative estimate of drug-likeness (QED) is 0.860. The highest BCUT2D eigenvalue weighted by Crippen LogP contribution is 2.20. The smallest absolute Gasteiger partial charge is 0.404 e. The van der Waals surface area contributed by atoms with Crippen molar-refractivity contribution in [1.29, 1.82) is 0 Å². The lowest BCUT2D eigenvalue weighted by Crippen LogP contribution is -2.22. The Hall–Kier alpha value is -0.970. The van der Waals surface area contributed by atoms with E-state index >= 15 is 0 Å². The molecule has 1 amide bonds. The van der Waals surface area contributed by atoms with Gasteiger partial charge >= 0.3 is 6.09 Å². The summed E-state index contributed by atoms with van der Waals surface area (Å²) in [6, 6.07) is 6.66. The normalized spacial score (nSPS) is 11.3. The third kappa shape index (κ3) is 4.38. The number of benzene rings is 1. The van der Waals surface area contributed by atoms with Crippen LogP contribution in [-0.2, 0) is 4.74 Å². The molecule has 15 heavy (non-hydrogen) atoms. The van der Waals surface area contributed by atoms with Gasteiger partial charge in [-0.15, -0.1) is 12.4 Å². The molecule has 0 spiro atoms. The van der Waals surface area contributed by atoms with Crippen LogP contribution in [0, 0.1) is 0 Å². The minimum atomic E-state index is -0.840. The molecule has 0 aromatic heterocycles. The van der Waals surface area contributed by atoms with Crippen molar-refractivity contribution in [3.63, 3.8) is 0 Å². The van der Waals surface area contributed by atoms with Crippen molar-refractivity contribution < 1.29 is 9.53 Å². The number of ether oxygens (including phenoxy) is 1. The maximum absolute atomic E-state index is 10.3. The van der Waals surface area contributed by atoms with Gasteiger partial charge in [-0.3, -0.25) is 0 Å². The zero-order chi connectivity index (χ0) is 10.6. The molecule has 0 heterocycles. The first-order valence-corrected chi connectivity index (χ1v) is 4.41. The molecule has 6 heteroatoms. The molecule has 0 saturated heterocycles. The summed E-state index contributed by atoms with van der Waals surface area (Å²) in [4.78, 5) is 10.3. The SMILES string of the molecule is Cl.NC(=O)OCC(N)c1ccccc1Cl. The monoisotopic (exact) mass is 250 g/mol. The molecule has 0 fully saturated rings. The summed E-state index contributed by atoms with van der Waals surface area (Å²) >= 11 is 5.88. The first-order chi connectivity index (χ1) is 6.61. The minimum absolute atomic E-state index is 0. The van der Waals surface area contributed by atoms with Crippen LogP contribution < -0.4 is 11.5 Å². The summed E-state index contributed by atoms with van der Waals surface area (Å²) in [5.41, 5.74) is 11.3. The van der Waals surface area contributed by atoms with Gasteiger partial charge in [0.25, 0.3) is 0 Å². The predicted molar refractivity (Wildman–Crippen MR) is 61.2 cm³/mol. The molecule has 4 N–H and O–H groups in total. The Bertz CT molecular complexity index is 334. The summed E-state index contributed by atoms with van der Waals surface area (Å²) in [7, 11) is 0. The topological polar surface area (TPSA) is 78.3 Å². The van der Waals surface area contributed by atoms with Gasteiger partial charge in [0, 0.05) is 5.02 Å². The highest BCUT2D eigenvalue weighted by atomic mass is 35.5. The molecule has 0 bridgehead atoms. The first-order valence-electron chi connectivity index (χ1n) is 4.03. The maximum atomic E-state index is 10.3. The molecule has 1 aromatic rings. The summed E-state index contributed by atoms with van der Waals surface area (Å²) in [6.07, 6.45) is -0.840. The molecule has 0 aliphatic rings. The van der Waals surface area contributed by atoms with Gasteiger partial charge in [-0.1, -0.05) is 29.8 Å². The molecule has 1 atom stereocenters. The van der Waals surface area contributed by atoms with Crippen molar-refractivity contribution in [3.8, 4) is 0 Å². The number of rotatable bonds is 3. The predicted octanol–water partition coefficient (Wildman–Crippen LogP) is 1.86. The van der Waals surface area contributed by atoms with Crippen molar-refractivity contribution >= 4 is 30.1 Å². The van der Waals surface area contributed by atoms with E-state index in [9.17, 15) is 4.79 Å². The van der Waals surface area contributed by atoms with Crippen LogP contribution in [0.1, 0.15) is 11.6 Å². The van der Waals surface area contributed by atoms with E-state index in [1.807, 2.05) is 6.07 Å². The van der Waals surface area contributed by atoms with Crippen LogP contribution in [0.5, 0.6) is 0 Å². The Morgan fingerprint density at radius 3 is 2.60 bits per heavy atom. The fourth-order valence-corrected chi connectivity index (χ4v) is 1.31. The molecular formula is C9H12Cl2N2O2. The molecule has 4 nitrogen and oxygen atoms in total. The molecule has 84 valence electrons. The molecular weight excluding hydrogens is 239 g/mol. The zero-order valence-corrected chi connectivity index (χ0v) is 9.42. The lowest BCUT2D eigenvalue weighted by Gasteiger charge is -2.12. The second kappa shape index (κ2) is 6.50. The van der Waals surface area contributed by atoms with Crippen LogP contribution in [0.3, 0.4) is 0 Å². The van der Waals surface area contributed by atoms with E-state index < -0.39 is 12.1 Å². The van der Waals surface area contributed by atoms with E-state index in [1.54, 1.807) is 18.2 Å². The number of amides is 1. The van der Waals surface area contributed by atoms with Crippen LogP contribution in [0.15, 0.2) is 24.3 Å². The van der Waals surface area contributed by atoms with Crippen molar-refractivity contribution in [2.75, 3.05) is 6.61 Å². The van der Waals surface area contributed by atoms with Crippen LogP contribution in [0.25, 0.3) is 0 Å². The van der Waals surface area contributed by atoms with Crippen LogP contribution in [-0.4, -0.2) is 12.7 Å². The largest absolute Gasteiger partial charge is 0.448 e. The Morgan fingerprint density at radius 1 is 1.47 bits per heavy atom. The van der Waals surface area contributed by atoms with E-state index in [1.165, 1.54) is 0 Å². The molecule has 0 aliphatic heterocycles. The van der Waals surface area contributed by atoms with Crippen molar-refractivity contribution in [2.24, 2.45) is 11.5 Å². The van der Waals surface area contributed by atoms with Crippen LogP contribution >= 0.6 is 24.0 Å². The third-order valence-corrected chi connectivity index (χ3v) is 2.05. The average Bonchev–Trinajstić information content (AvgIpc) is 2.15. The molecule has 0 saturated carbocycles. The zero-order valence-electron chi connectivity index (χ0n) is 7.85. The molecule has 1 aromatic carbocycles. The van der Waals surface area contributed by atoms with E-state index in [0.717, 1.165) is 5.56 Å². The van der Waals surface area contributed by atoms with E-state index in [2.05, 4.69) is 4.74 Å². The number of primary amides is 1. The number of halogens is 2. The Morgan fingerprint density at radius 2 is 2.07 bits per heavy atom. The fourth-order valence-electron chi connectivity index (χ4n) is 1.04. The van der Waals surface area contributed by atoms with E-state index in [4.69, 9.17) is 23.1 Å². The summed E-state index contributed by atoms with van der Waals surface area (Å²) < 4.78 is 4.57. The number of nitrogens with two attached hydrogens (primary N) is 2. The maximum Gasteiger partial charge on any atom is 0.404 e. The average molecular weight is 251 g/mol. The van der Waals surface area contributed by atoms with E-state index in [0.29, 0.717) is 5.02 Å². The highest BCUT2D eigenvalue weighted by Gasteiger charge is 2.10. The second-order valence-corrected chi connectivity index (χ2v) is 3.17. The van der Waals surface area contributed by atoms with E-state index in [-0.39, 0.29) is 19.0 Å². The molecule has 1 rings (SSSR count). The number of hydrogen-bond acceptors (Lipinski definition) is 3. The Balaban J connectivity index is 0.00000196. The van der Waals surface area contributed by atoms with Gasteiger partial charge in [0.1, 0.15) is 6.61 Å². The van der Waals surface area contributed by atoms with Gasteiger partial charge in [0.15, 0.2) is 0 Å². The first kappa shape index (κ1) is 14.0. The molecule has 1 unspecified atom stereocenters. The Labute approximate surface area is 98.9 Å². The Kier molecular flexibility index (Phi) is 6.08. The number of carbonyl (C=O) groups is 1. The van der Waals surface area contributed by atoms with Gasteiger partial charge in [-0.25, -0.2) is 4.79 Å². The highest BCUT2D eigenvalue weighted by molar-refractivity contribution is 6.31. The minimum Gasteiger partial charge on any atom is -0.448 e. The fraction of sp³-hybridized carbons (Fsp3) is 0.222. The number of carbonyl (C=O) groups excluding carboxylic acids is 1.